The molecular formula is C25H31N3O3. The summed E-state index contributed by atoms with van der Waals surface area (Å²) in [6, 6.07) is 11.4. The van der Waals surface area contributed by atoms with E-state index in [1.54, 1.807) is 12.1 Å². The van der Waals surface area contributed by atoms with Gasteiger partial charge in [0.2, 0.25) is 0 Å². The average Bonchev–Trinajstić information content (AvgIpc) is 2.76. The molecule has 0 aliphatic heterocycles. The first-order chi connectivity index (χ1) is 14.9. The normalized spacial score (nSPS) is 11.4. The highest BCUT2D eigenvalue weighted by Gasteiger charge is 2.13. The molecule has 0 radical (unpaired) electrons. The van der Waals surface area contributed by atoms with E-state index in [2.05, 4.69) is 42.5 Å². The van der Waals surface area contributed by atoms with Gasteiger partial charge in [-0.15, -0.1) is 0 Å². The van der Waals surface area contributed by atoms with E-state index in [1.165, 1.54) is 6.21 Å². The van der Waals surface area contributed by atoms with Crippen molar-refractivity contribution in [2.75, 3.05) is 36.0 Å². The number of hydrogen-bond acceptors (Lipinski definition) is 6. The predicted octanol–water partition coefficient (Wildman–Crippen LogP) is 5.25. The second-order valence-corrected chi connectivity index (χ2v) is 7.39. The van der Waals surface area contributed by atoms with Gasteiger partial charge in [0.05, 0.1) is 0 Å². The van der Waals surface area contributed by atoms with Gasteiger partial charge in [-0.2, -0.15) is 0 Å². The Balaban J connectivity index is 1.97. The number of aryl methyl sites for hydroxylation is 1. The Morgan fingerprint density at radius 2 is 1.52 bits per heavy atom. The van der Waals surface area contributed by atoms with Crippen molar-refractivity contribution in [2.24, 2.45) is 4.99 Å². The number of fused-ring (bicyclic) bond motifs is 1. The summed E-state index contributed by atoms with van der Waals surface area (Å²) < 4.78 is 5.59. The maximum Gasteiger partial charge on any atom is 0.362 e. The summed E-state index contributed by atoms with van der Waals surface area (Å²) >= 11 is 0. The number of rotatable bonds is 8. The first-order valence-corrected chi connectivity index (χ1v) is 10.9. The van der Waals surface area contributed by atoms with Crippen molar-refractivity contribution in [2.45, 2.75) is 34.6 Å². The van der Waals surface area contributed by atoms with Crippen LogP contribution < -0.4 is 15.4 Å². The molecule has 2 aromatic carbocycles. The van der Waals surface area contributed by atoms with Crippen LogP contribution in [0.3, 0.4) is 0 Å². The van der Waals surface area contributed by atoms with Gasteiger partial charge in [0, 0.05) is 66.9 Å². The molecular weight excluding hydrogens is 390 g/mol. The highest BCUT2D eigenvalue weighted by Crippen LogP contribution is 2.29. The summed E-state index contributed by atoms with van der Waals surface area (Å²) in [7, 11) is 0. The van der Waals surface area contributed by atoms with E-state index in [0.717, 1.165) is 48.5 Å². The number of phenols is 1. The molecule has 0 bridgehead atoms. The van der Waals surface area contributed by atoms with Crippen LogP contribution in [0.2, 0.25) is 0 Å². The Morgan fingerprint density at radius 3 is 2.10 bits per heavy atom. The highest BCUT2D eigenvalue weighted by molar-refractivity contribution is 5.90. The maximum absolute atomic E-state index is 12.6. The summed E-state index contributed by atoms with van der Waals surface area (Å²) in [5.41, 5.74) is 3.59. The third kappa shape index (κ3) is 4.58. The number of benzene rings is 2. The van der Waals surface area contributed by atoms with Crippen LogP contribution in [0.15, 0.2) is 50.6 Å². The molecule has 0 amide bonds. The summed E-state index contributed by atoms with van der Waals surface area (Å²) in [5.74, 6) is 0.125. The van der Waals surface area contributed by atoms with E-state index in [-0.39, 0.29) is 11.4 Å². The quantitative estimate of drug-likeness (QED) is 0.397. The first-order valence-electron chi connectivity index (χ1n) is 10.9. The first kappa shape index (κ1) is 22.4. The second-order valence-electron chi connectivity index (χ2n) is 7.39. The number of aromatic hydroxyl groups is 1. The molecule has 3 rings (SSSR count). The fourth-order valence-electron chi connectivity index (χ4n) is 3.83. The van der Waals surface area contributed by atoms with Crippen molar-refractivity contribution in [3.05, 3.63) is 57.9 Å². The Hall–Kier alpha value is -3.28. The van der Waals surface area contributed by atoms with Crippen LogP contribution in [0.1, 0.15) is 38.8 Å². The molecule has 0 aliphatic carbocycles. The van der Waals surface area contributed by atoms with Gasteiger partial charge in [-0.3, -0.25) is 0 Å². The van der Waals surface area contributed by atoms with E-state index in [0.29, 0.717) is 11.1 Å². The van der Waals surface area contributed by atoms with Gasteiger partial charge in [-0.25, -0.2) is 9.79 Å². The Bertz CT molecular complexity index is 1140. The lowest BCUT2D eigenvalue weighted by Gasteiger charge is -2.21. The SMILES string of the molecule is CCN(CC)c1ccc(C=Nc2c(C)c3ccc(N(CC)CC)cc3oc2=O)c(O)c1. The molecule has 0 fully saturated rings. The fraction of sp³-hybridized carbons (Fsp3) is 0.360. The van der Waals surface area contributed by atoms with E-state index in [1.807, 2.05) is 31.2 Å². The molecule has 6 heteroatoms. The molecule has 6 nitrogen and oxygen atoms in total. The van der Waals surface area contributed by atoms with Crippen LogP contribution in [0.25, 0.3) is 11.0 Å². The average molecular weight is 422 g/mol. The number of hydrogen-bond donors (Lipinski definition) is 1. The maximum atomic E-state index is 12.6. The van der Waals surface area contributed by atoms with Gasteiger partial charge < -0.3 is 19.3 Å². The van der Waals surface area contributed by atoms with Gasteiger partial charge in [0.15, 0.2) is 5.69 Å². The van der Waals surface area contributed by atoms with Crippen molar-refractivity contribution < 1.29 is 9.52 Å². The number of anilines is 2. The summed E-state index contributed by atoms with van der Waals surface area (Å²) in [4.78, 5) is 21.4. The van der Waals surface area contributed by atoms with Crippen molar-refractivity contribution in [3.63, 3.8) is 0 Å². The molecule has 0 aliphatic rings. The van der Waals surface area contributed by atoms with Gasteiger partial charge in [0.1, 0.15) is 11.3 Å². The number of aliphatic imine (C=N–C) groups is 1. The molecule has 3 aromatic rings. The van der Waals surface area contributed by atoms with Crippen molar-refractivity contribution in [1.82, 2.24) is 0 Å². The monoisotopic (exact) mass is 421 g/mol. The largest absolute Gasteiger partial charge is 0.507 e. The van der Waals surface area contributed by atoms with Gasteiger partial charge in [-0.1, -0.05) is 0 Å². The smallest absolute Gasteiger partial charge is 0.362 e. The number of nitrogens with zero attached hydrogens (tertiary/aromatic N) is 3. The Labute approximate surface area is 183 Å². The minimum Gasteiger partial charge on any atom is -0.507 e. The molecule has 0 saturated heterocycles. The molecule has 0 saturated carbocycles. The molecule has 164 valence electrons. The molecule has 1 heterocycles. The van der Waals surface area contributed by atoms with Crippen molar-refractivity contribution in [1.29, 1.82) is 0 Å². The predicted molar refractivity (Wildman–Crippen MR) is 130 cm³/mol. The van der Waals surface area contributed by atoms with E-state index in [4.69, 9.17) is 4.42 Å². The molecule has 31 heavy (non-hydrogen) atoms. The van der Waals surface area contributed by atoms with E-state index < -0.39 is 5.63 Å². The summed E-state index contributed by atoms with van der Waals surface area (Å²) in [5, 5.41) is 11.3. The minimum atomic E-state index is -0.489. The molecule has 1 aromatic heterocycles. The van der Waals surface area contributed by atoms with Crippen LogP contribution in [0, 0.1) is 6.92 Å². The van der Waals surface area contributed by atoms with Crippen molar-refractivity contribution >= 4 is 34.2 Å². The van der Waals surface area contributed by atoms with Crippen LogP contribution >= 0.6 is 0 Å². The minimum absolute atomic E-state index is 0.125. The van der Waals surface area contributed by atoms with Gasteiger partial charge in [-0.05, 0) is 64.4 Å². The number of phenolic OH excluding ortho intramolecular Hbond substituents is 1. The fourth-order valence-corrected chi connectivity index (χ4v) is 3.83. The topological polar surface area (TPSA) is 69.3 Å². The summed E-state index contributed by atoms with van der Waals surface area (Å²) in [6.45, 7) is 13.7. The van der Waals surface area contributed by atoms with Gasteiger partial charge >= 0.3 is 5.63 Å². The lowest BCUT2D eigenvalue weighted by molar-refractivity contribution is 0.474. The zero-order valence-electron chi connectivity index (χ0n) is 19.0. The zero-order valence-corrected chi connectivity index (χ0v) is 19.0. The standard InChI is InChI=1S/C25H31N3O3/c1-6-27(7-2)19-11-10-18(22(29)14-19)16-26-24-17(5)21-13-12-20(28(8-3)9-4)15-23(21)31-25(24)30/h10-16,29H,6-9H2,1-5H3. The Kier molecular flexibility index (Phi) is 7.00. The third-order valence-corrected chi connectivity index (χ3v) is 5.72. The van der Waals surface area contributed by atoms with Crippen molar-refractivity contribution in [3.8, 4) is 5.75 Å². The molecule has 0 atom stereocenters. The van der Waals surface area contributed by atoms with E-state index >= 15 is 0 Å². The van der Waals surface area contributed by atoms with Gasteiger partial charge in [0.25, 0.3) is 0 Å². The molecule has 1 N–H and O–H groups in total. The van der Waals surface area contributed by atoms with E-state index in [9.17, 15) is 9.90 Å². The lowest BCUT2D eigenvalue weighted by Crippen LogP contribution is -2.21. The van der Waals surface area contributed by atoms with Crippen LogP contribution in [-0.2, 0) is 0 Å². The van der Waals surface area contributed by atoms with Crippen LogP contribution in [0.5, 0.6) is 5.75 Å². The highest BCUT2D eigenvalue weighted by atomic mass is 16.4. The van der Waals surface area contributed by atoms with Crippen LogP contribution in [0.4, 0.5) is 17.1 Å². The molecule has 0 unspecified atom stereocenters. The lowest BCUT2D eigenvalue weighted by atomic mass is 10.1. The third-order valence-electron chi connectivity index (χ3n) is 5.72. The molecule has 0 spiro atoms. The second kappa shape index (κ2) is 9.69. The summed E-state index contributed by atoms with van der Waals surface area (Å²) in [6.07, 6.45) is 1.51. The Morgan fingerprint density at radius 1 is 0.935 bits per heavy atom. The zero-order chi connectivity index (χ0) is 22.5. The van der Waals surface area contributed by atoms with Crippen LogP contribution in [-0.4, -0.2) is 37.5 Å².